The fourth-order valence-electron chi connectivity index (χ4n) is 1.52. The molecular weight excluding hydrogens is 293 g/mol. The molecule has 1 atom stereocenters. The first kappa shape index (κ1) is 13.6. The number of rotatable bonds is 4. The molecule has 2 N–H and O–H groups in total. The lowest BCUT2D eigenvalue weighted by Gasteiger charge is -2.17. The predicted octanol–water partition coefficient (Wildman–Crippen LogP) is 1.82. The number of hydrogen-bond acceptors (Lipinski definition) is 5. The van der Waals surface area contributed by atoms with Crippen LogP contribution in [0.5, 0.6) is 0 Å². The van der Waals surface area contributed by atoms with Crippen molar-refractivity contribution < 1.29 is 9.53 Å². The molecule has 2 aromatic rings. The predicted molar refractivity (Wildman–Crippen MR) is 67.7 cm³/mol. The second kappa shape index (κ2) is 5.85. The Morgan fingerprint density at radius 3 is 2.84 bits per heavy atom. The van der Waals surface area contributed by atoms with Crippen molar-refractivity contribution in [3.63, 3.8) is 0 Å². The molecule has 1 amide bonds. The molecule has 9 heteroatoms. The Bertz CT molecular complexity index is 575. The minimum Gasteiger partial charge on any atom is -0.439 e. The Kier molecular flexibility index (Phi) is 4.18. The average Bonchev–Trinajstić information content (AvgIpc) is 2.80. The van der Waals surface area contributed by atoms with Gasteiger partial charge in [0.1, 0.15) is 6.54 Å². The van der Waals surface area contributed by atoms with Gasteiger partial charge in [0.25, 0.3) is 0 Å². The smallest absolute Gasteiger partial charge is 0.405 e. The summed E-state index contributed by atoms with van der Waals surface area (Å²) in [5.74, 6) is 0. The molecule has 0 aliphatic rings. The van der Waals surface area contributed by atoms with Gasteiger partial charge in [-0.3, -0.25) is 0 Å². The molecule has 0 saturated carbocycles. The third-order valence-corrected chi connectivity index (χ3v) is 2.85. The first-order valence-electron chi connectivity index (χ1n) is 5.18. The van der Waals surface area contributed by atoms with Gasteiger partial charge in [-0.2, -0.15) is 4.80 Å². The molecule has 0 unspecified atom stereocenters. The van der Waals surface area contributed by atoms with Crippen LogP contribution in [-0.4, -0.2) is 26.3 Å². The molecule has 1 aromatic heterocycles. The Hall–Kier alpha value is -1.86. The monoisotopic (exact) mass is 301 g/mol. The normalized spacial score (nSPS) is 12.1. The maximum atomic E-state index is 11.0. The number of primary amides is 1. The highest BCUT2D eigenvalue weighted by Gasteiger charge is 2.20. The van der Waals surface area contributed by atoms with Crippen molar-refractivity contribution >= 4 is 29.3 Å². The number of carbonyl (C=O) groups is 1. The van der Waals surface area contributed by atoms with Crippen molar-refractivity contribution in [1.82, 2.24) is 20.2 Å². The van der Waals surface area contributed by atoms with Crippen molar-refractivity contribution in [2.24, 2.45) is 5.73 Å². The number of hydrogen-bond donors (Lipinski definition) is 1. The fourth-order valence-corrected chi connectivity index (χ4v) is 2.05. The Morgan fingerprint density at radius 1 is 1.47 bits per heavy atom. The zero-order valence-electron chi connectivity index (χ0n) is 9.53. The molecule has 2 rings (SSSR count). The number of amides is 1. The summed E-state index contributed by atoms with van der Waals surface area (Å²) in [6.45, 7) is 0.143. The van der Waals surface area contributed by atoms with E-state index in [1.54, 1.807) is 18.2 Å². The molecule has 0 aliphatic carbocycles. The number of aromatic nitrogens is 4. The van der Waals surface area contributed by atoms with E-state index < -0.39 is 12.2 Å². The third kappa shape index (κ3) is 3.55. The summed E-state index contributed by atoms with van der Waals surface area (Å²) in [4.78, 5) is 12.2. The zero-order valence-corrected chi connectivity index (χ0v) is 11.0. The summed E-state index contributed by atoms with van der Waals surface area (Å²) in [6, 6.07) is 4.83. The minimum atomic E-state index is -0.920. The maximum absolute atomic E-state index is 11.0. The van der Waals surface area contributed by atoms with Gasteiger partial charge in [0.15, 0.2) is 12.4 Å². The Balaban J connectivity index is 2.28. The van der Waals surface area contributed by atoms with Gasteiger partial charge in [-0.25, -0.2) is 4.79 Å². The number of ether oxygens (including phenoxy) is 1. The lowest BCUT2D eigenvalue weighted by Crippen LogP contribution is -2.22. The average molecular weight is 302 g/mol. The van der Waals surface area contributed by atoms with Crippen LogP contribution < -0.4 is 5.73 Å². The van der Waals surface area contributed by atoms with Gasteiger partial charge in [0.2, 0.25) is 0 Å². The second-order valence-corrected chi connectivity index (χ2v) is 4.43. The quantitative estimate of drug-likeness (QED) is 0.929. The SMILES string of the molecule is NC(=O)O[C@@H](Cn1ncnn1)c1ccc(Cl)cc1Cl. The van der Waals surface area contributed by atoms with Crippen molar-refractivity contribution in [3.8, 4) is 0 Å². The molecule has 0 aliphatic heterocycles. The van der Waals surface area contributed by atoms with Crippen LogP contribution in [0, 0.1) is 0 Å². The number of benzene rings is 1. The number of carbonyl (C=O) groups excluding carboxylic acids is 1. The van der Waals surface area contributed by atoms with Crippen LogP contribution in [0.1, 0.15) is 11.7 Å². The molecule has 7 nitrogen and oxygen atoms in total. The molecule has 1 aromatic carbocycles. The molecule has 1 heterocycles. The van der Waals surface area contributed by atoms with Crippen LogP contribution in [0.3, 0.4) is 0 Å². The summed E-state index contributed by atoms with van der Waals surface area (Å²) >= 11 is 11.9. The van der Waals surface area contributed by atoms with Crippen molar-refractivity contribution in [2.45, 2.75) is 12.6 Å². The van der Waals surface area contributed by atoms with Gasteiger partial charge in [0.05, 0.1) is 0 Å². The summed E-state index contributed by atoms with van der Waals surface area (Å²) in [7, 11) is 0. The molecule has 0 spiro atoms. The van der Waals surface area contributed by atoms with Crippen LogP contribution in [0.4, 0.5) is 4.79 Å². The van der Waals surface area contributed by atoms with Gasteiger partial charge in [-0.1, -0.05) is 29.3 Å². The Labute approximate surface area is 118 Å². The Morgan fingerprint density at radius 2 is 2.26 bits per heavy atom. The number of nitrogens with two attached hydrogens (primary N) is 1. The van der Waals surface area contributed by atoms with Crippen LogP contribution in [0.25, 0.3) is 0 Å². The van der Waals surface area contributed by atoms with Crippen molar-refractivity contribution in [2.75, 3.05) is 0 Å². The van der Waals surface area contributed by atoms with Crippen LogP contribution in [0.15, 0.2) is 24.5 Å². The van der Waals surface area contributed by atoms with Gasteiger partial charge < -0.3 is 10.5 Å². The summed E-state index contributed by atoms with van der Waals surface area (Å²) in [6.07, 6.45) is -0.377. The standard InChI is InChI=1S/C10H9Cl2N5O2/c11-6-1-2-7(8(12)3-6)9(19-10(13)18)4-17-15-5-14-16-17/h1-3,5,9H,4H2,(H2,13,18)/t9-/m0/s1. The van der Waals surface area contributed by atoms with E-state index >= 15 is 0 Å². The summed E-state index contributed by atoms with van der Waals surface area (Å²) in [5, 5.41) is 11.9. The number of nitrogens with zero attached hydrogens (tertiary/aromatic N) is 4. The van der Waals surface area contributed by atoms with Gasteiger partial charge in [0, 0.05) is 15.6 Å². The van der Waals surface area contributed by atoms with E-state index in [4.69, 9.17) is 33.7 Å². The lowest BCUT2D eigenvalue weighted by molar-refractivity contribution is 0.0901. The highest BCUT2D eigenvalue weighted by atomic mass is 35.5. The fraction of sp³-hybridized carbons (Fsp3) is 0.200. The van der Waals surface area contributed by atoms with Crippen LogP contribution >= 0.6 is 23.2 Å². The van der Waals surface area contributed by atoms with E-state index in [9.17, 15) is 4.79 Å². The van der Waals surface area contributed by atoms with Gasteiger partial charge in [-0.05, 0) is 17.3 Å². The van der Waals surface area contributed by atoms with Crippen molar-refractivity contribution in [1.29, 1.82) is 0 Å². The minimum absolute atomic E-state index is 0.143. The highest BCUT2D eigenvalue weighted by molar-refractivity contribution is 6.35. The maximum Gasteiger partial charge on any atom is 0.405 e. The molecule has 0 bridgehead atoms. The highest BCUT2D eigenvalue weighted by Crippen LogP contribution is 2.29. The third-order valence-electron chi connectivity index (χ3n) is 2.29. The van der Waals surface area contributed by atoms with Gasteiger partial charge in [-0.15, -0.1) is 10.2 Å². The largest absolute Gasteiger partial charge is 0.439 e. The molecular formula is C10H9Cl2N5O2. The van der Waals surface area contributed by atoms with E-state index in [1.807, 2.05) is 0 Å². The molecule has 19 heavy (non-hydrogen) atoms. The molecule has 0 fully saturated rings. The van der Waals surface area contributed by atoms with Crippen molar-refractivity contribution in [3.05, 3.63) is 40.1 Å². The summed E-state index contributed by atoms with van der Waals surface area (Å²) < 4.78 is 5.01. The molecule has 0 saturated heterocycles. The molecule has 100 valence electrons. The van der Waals surface area contributed by atoms with Gasteiger partial charge >= 0.3 is 6.09 Å². The molecule has 0 radical (unpaired) electrons. The first-order chi connectivity index (χ1) is 9.06. The summed E-state index contributed by atoms with van der Waals surface area (Å²) in [5.41, 5.74) is 5.60. The topological polar surface area (TPSA) is 95.9 Å². The van der Waals surface area contributed by atoms with E-state index in [0.29, 0.717) is 15.6 Å². The second-order valence-electron chi connectivity index (χ2n) is 3.58. The van der Waals surface area contributed by atoms with Crippen LogP contribution in [-0.2, 0) is 11.3 Å². The van der Waals surface area contributed by atoms with E-state index in [0.717, 1.165) is 0 Å². The van der Waals surface area contributed by atoms with E-state index in [1.165, 1.54) is 11.1 Å². The van der Waals surface area contributed by atoms with E-state index in [2.05, 4.69) is 15.4 Å². The lowest BCUT2D eigenvalue weighted by atomic mass is 10.1. The number of tetrazole rings is 1. The van der Waals surface area contributed by atoms with Crippen LogP contribution in [0.2, 0.25) is 10.0 Å². The number of halogens is 2. The zero-order chi connectivity index (χ0) is 13.8. The van der Waals surface area contributed by atoms with E-state index in [-0.39, 0.29) is 6.54 Å². The first-order valence-corrected chi connectivity index (χ1v) is 5.93.